The van der Waals surface area contributed by atoms with Gasteiger partial charge in [0.05, 0.1) is 19.7 Å². The number of likely N-dealkylation sites (tertiary alicyclic amines) is 1. The number of piperazine rings is 1. The number of nitrogens with one attached hydrogen (secondary N) is 1. The highest BCUT2D eigenvalue weighted by Gasteiger charge is 2.34. The van der Waals surface area contributed by atoms with E-state index >= 15 is 0 Å². The zero-order valence-corrected chi connectivity index (χ0v) is 16.0. The summed E-state index contributed by atoms with van der Waals surface area (Å²) in [6.07, 6.45) is 2.57. The van der Waals surface area contributed by atoms with Gasteiger partial charge in [-0.1, -0.05) is 0 Å². The first-order valence-corrected chi connectivity index (χ1v) is 9.72. The van der Waals surface area contributed by atoms with Crippen molar-refractivity contribution in [1.29, 1.82) is 0 Å². The summed E-state index contributed by atoms with van der Waals surface area (Å²) in [7, 11) is 0. The van der Waals surface area contributed by atoms with Crippen LogP contribution in [0.15, 0.2) is 0 Å². The van der Waals surface area contributed by atoms with Gasteiger partial charge in [0, 0.05) is 39.3 Å². The Labute approximate surface area is 155 Å². The smallest absolute Gasteiger partial charge is 0.328 e. The normalized spacial score (nSPS) is 22.1. The van der Waals surface area contributed by atoms with Crippen LogP contribution in [0.2, 0.25) is 0 Å². The fourth-order valence-corrected chi connectivity index (χ4v) is 3.56. The van der Waals surface area contributed by atoms with Crippen LogP contribution in [0.5, 0.6) is 0 Å². The minimum Gasteiger partial charge on any atom is -0.464 e. The van der Waals surface area contributed by atoms with Gasteiger partial charge in [0.2, 0.25) is 11.8 Å². The van der Waals surface area contributed by atoms with Crippen molar-refractivity contribution in [2.45, 2.75) is 39.2 Å². The summed E-state index contributed by atoms with van der Waals surface area (Å²) < 4.78 is 5.13. The maximum Gasteiger partial charge on any atom is 0.328 e. The second-order valence-electron chi connectivity index (χ2n) is 6.86. The number of piperidine rings is 1. The summed E-state index contributed by atoms with van der Waals surface area (Å²) in [6.45, 7) is 9.08. The Hall–Kier alpha value is -1.67. The van der Waals surface area contributed by atoms with E-state index in [1.54, 1.807) is 11.8 Å². The molecule has 0 aliphatic carbocycles. The van der Waals surface area contributed by atoms with Crippen LogP contribution in [0.4, 0.5) is 0 Å². The predicted molar refractivity (Wildman–Crippen MR) is 97.5 cm³/mol. The van der Waals surface area contributed by atoms with Crippen molar-refractivity contribution in [3.05, 3.63) is 0 Å². The average Bonchev–Trinajstić information content (AvgIpc) is 2.63. The number of hydrogen-bond acceptors (Lipinski definition) is 6. The van der Waals surface area contributed by atoms with Gasteiger partial charge in [0.25, 0.3) is 0 Å². The molecule has 0 bridgehead atoms. The largest absolute Gasteiger partial charge is 0.464 e. The molecule has 2 saturated heterocycles. The third kappa shape index (κ3) is 5.95. The van der Waals surface area contributed by atoms with Gasteiger partial charge in [-0.05, 0) is 33.1 Å². The van der Waals surface area contributed by atoms with Gasteiger partial charge in [-0.3, -0.25) is 19.4 Å². The average molecular weight is 368 g/mol. The van der Waals surface area contributed by atoms with Crippen LogP contribution in [-0.4, -0.2) is 97.5 Å². The molecule has 2 heterocycles. The SMILES string of the molecule is CCNC(=O)CN1CCN(CC(=O)N2CCCCC2C(=O)OCC)CC1. The highest BCUT2D eigenvalue weighted by molar-refractivity contribution is 5.85. The lowest BCUT2D eigenvalue weighted by Crippen LogP contribution is -2.55. The first-order chi connectivity index (χ1) is 12.5. The maximum atomic E-state index is 12.7. The molecule has 0 spiro atoms. The van der Waals surface area contributed by atoms with E-state index in [-0.39, 0.29) is 17.8 Å². The number of carbonyl (C=O) groups excluding carboxylic acids is 3. The molecule has 1 atom stereocenters. The number of amides is 2. The molecule has 26 heavy (non-hydrogen) atoms. The highest BCUT2D eigenvalue weighted by Crippen LogP contribution is 2.19. The minimum atomic E-state index is -0.435. The Balaban J connectivity index is 1.80. The third-order valence-corrected chi connectivity index (χ3v) is 4.95. The molecule has 0 radical (unpaired) electrons. The van der Waals surface area contributed by atoms with E-state index in [0.29, 0.717) is 39.2 Å². The lowest BCUT2D eigenvalue weighted by atomic mass is 10.0. The Morgan fingerprint density at radius 2 is 1.62 bits per heavy atom. The van der Waals surface area contributed by atoms with E-state index in [9.17, 15) is 14.4 Å². The summed E-state index contributed by atoms with van der Waals surface area (Å²) in [5.74, 6) is -0.241. The molecule has 0 aromatic heterocycles. The van der Waals surface area contributed by atoms with Crippen molar-refractivity contribution in [1.82, 2.24) is 20.0 Å². The molecular weight excluding hydrogens is 336 g/mol. The molecule has 0 saturated carbocycles. The fraction of sp³-hybridized carbons (Fsp3) is 0.833. The number of carbonyl (C=O) groups is 3. The van der Waals surface area contributed by atoms with Crippen molar-refractivity contribution in [2.24, 2.45) is 0 Å². The summed E-state index contributed by atoms with van der Waals surface area (Å²) >= 11 is 0. The third-order valence-electron chi connectivity index (χ3n) is 4.95. The van der Waals surface area contributed by atoms with Gasteiger partial charge >= 0.3 is 5.97 Å². The second-order valence-corrected chi connectivity index (χ2v) is 6.86. The van der Waals surface area contributed by atoms with E-state index in [4.69, 9.17) is 4.74 Å². The molecule has 1 N–H and O–H groups in total. The number of esters is 1. The first kappa shape index (κ1) is 20.6. The summed E-state index contributed by atoms with van der Waals surface area (Å²) in [5, 5.41) is 2.81. The van der Waals surface area contributed by atoms with Crippen molar-refractivity contribution in [2.75, 3.05) is 59.0 Å². The second kappa shape index (κ2) is 10.5. The van der Waals surface area contributed by atoms with Crippen LogP contribution in [-0.2, 0) is 19.1 Å². The quantitative estimate of drug-likeness (QED) is 0.621. The number of nitrogens with zero attached hydrogens (tertiary/aromatic N) is 3. The number of ether oxygens (including phenoxy) is 1. The molecule has 2 rings (SSSR count). The van der Waals surface area contributed by atoms with Gasteiger partial charge in [-0.2, -0.15) is 0 Å². The Morgan fingerprint density at radius 3 is 2.23 bits per heavy atom. The van der Waals surface area contributed by atoms with Crippen LogP contribution in [0, 0.1) is 0 Å². The number of rotatable bonds is 7. The minimum absolute atomic E-state index is 0.0000656. The molecule has 8 nitrogen and oxygen atoms in total. The van der Waals surface area contributed by atoms with Crippen LogP contribution in [0.1, 0.15) is 33.1 Å². The molecule has 0 aromatic carbocycles. The Morgan fingerprint density at radius 1 is 0.962 bits per heavy atom. The van der Waals surface area contributed by atoms with Crippen LogP contribution in [0.25, 0.3) is 0 Å². The lowest BCUT2D eigenvalue weighted by Gasteiger charge is -2.38. The fourth-order valence-electron chi connectivity index (χ4n) is 3.56. The summed E-state index contributed by atoms with van der Waals surface area (Å²) in [5.41, 5.74) is 0. The molecule has 2 aliphatic rings. The zero-order chi connectivity index (χ0) is 18.9. The van der Waals surface area contributed by atoms with Crippen molar-refractivity contribution >= 4 is 17.8 Å². The lowest BCUT2D eigenvalue weighted by molar-refractivity contribution is -0.157. The van der Waals surface area contributed by atoms with Crippen LogP contribution in [0.3, 0.4) is 0 Å². The van der Waals surface area contributed by atoms with Crippen LogP contribution < -0.4 is 5.32 Å². The highest BCUT2D eigenvalue weighted by atomic mass is 16.5. The number of hydrogen-bond donors (Lipinski definition) is 1. The molecule has 2 aliphatic heterocycles. The molecule has 2 fully saturated rings. The molecule has 8 heteroatoms. The van der Waals surface area contributed by atoms with Gasteiger partial charge < -0.3 is 15.0 Å². The summed E-state index contributed by atoms with van der Waals surface area (Å²) in [6, 6.07) is -0.435. The predicted octanol–water partition coefficient (Wildman–Crippen LogP) is -0.316. The molecule has 0 aromatic rings. The summed E-state index contributed by atoms with van der Waals surface area (Å²) in [4.78, 5) is 42.4. The van der Waals surface area contributed by atoms with Gasteiger partial charge in [0.1, 0.15) is 6.04 Å². The van der Waals surface area contributed by atoms with E-state index in [1.165, 1.54) is 0 Å². The van der Waals surface area contributed by atoms with Crippen molar-refractivity contribution < 1.29 is 19.1 Å². The van der Waals surface area contributed by atoms with Crippen LogP contribution >= 0.6 is 0 Å². The number of likely N-dealkylation sites (N-methyl/N-ethyl adjacent to an activating group) is 1. The molecular formula is C18H32N4O4. The van der Waals surface area contributed by atoms with E-state index in [1.807, 2.05) is 6.92 Å². The van der Waals surface area contributed by atoms with Crippen molar-refractivity contribution in [3.63, 3.8) is 0 Å². The van der Waals surface area contributed by atoms with E-state index < -0.39 is 6.04 Å². The zero-order valence-electron chi connectivity index (χ0n) is 16.0. The monoisotopic (exact) mass is 368 g/mol. The maximum absolute atomic E-state index is 12.7. The van der Waals surface area contributed by atoms with Gasteiger partial charge in [-0.15, -0.1) is 0 Å². The molecule has 1 unspecified atom stereocenters. The molecule has 148 valence electrons. The van der Waals surface area contributed by atoms with E-state index in [0.717, 1.165) is 39.0 Å². The Bertz CT molecular complexity index is 492. The standard InChI is InChI=1S/C18H32N4O4/c1-3-19-16(23)13-20-9-11-21(12-10-20)14-17(24)22-8-6-5-7-15(22)18(25)26-4-2/h15H,3-14H2,1-2H3,(H,19,23). The van der Waals surface area contributed by atoms with Gasteiger partial charge in [0.15, 0.2) is 0 Å². The Kier molecular flexibility index (Phi) is 8.31. The topological polar surface area (TPSA) is 82.2 Å². The first-order valence-electron chi connectivity index (χ1n) is 9.72. The molecule has 2 amide bonds. The van der Waals surface area contributed by atoms with Crippen molar-refractivity contribution in [3.8, 4) is 0 Å². The van der Waals surface area contributed by atoms with Gasteiger partial charge in [-0.25, -0.2) is 4.79 Å². The van der Waals surface area contributed by atoms with E-state index in [2.05, 4.69) is 15.1 Å².